The van der Waals surface area contributed by atoms with E-state index in [1.165, 1.54) is 0 Å². The molecule has 1 saturated heterocycles. The number of hydrogen-bond acceptors (Lipinski definition) is 1. The van der Waals surface area contributed by atoms with Crippen molar-refractivity contribution in [3.63, 3.8) is 0 Å². The maximum Gasteiger partial charge on any atom is 0.254 e. The van der Waals surface area contributed by atoms with Gasteiger partial charge in [-0.25, -0.2) is 0 Å². The van der Waals surface area contributed by atoms with Crippen LogP contribution in [0, 0.1) is 5.92 Å². The van der Waals surface area contributed by atoms with Gasteiger partial charge in [0.2, 0.25) is 0 Å². The van der Waals surface area contributed by atoms with Crippen LogP contribution in [0.5, 0.6) is 0 Å². The third kappa shape index (κ3) is 3.34. The van der Waals surface area contributed by atoms with E-state index in [-0.39, 0.29) is 5.91 Å². The zero-order valence-corrected chi connectivity index (χ0v) is 12.1. The maximum atomic E-state index is 12.4. The lowest BCUT2D eigenvalue weighted by Crippen LogP contribution is -2.34. The maximum absolute atomic E-state index is 12.4. The van der Waals surface area contributed by atoms with Crippen molar-refractivity contribution in [3.8, 4) is 0 Å². The largest absolute Gasteiger partial charge is 0.332 e. The van der Waals surface area contributed by atoms with E-state index in [4.69, 9.17) is 0 Å². The highest BCUT2D eigenvalue weighted by Gasteiger charge is 2.32. The minimum Gasteiger partial charge on any atom is -0.332 e. The van der Waals surface area contributed by atoms with Gasteiger partial charge in [-0.3, -0.25) is 4.79 Å². The van der Waals surface area contributed by atoms with Crippen LogP contribution in [-0.4, -0.2) is 23.4 Å². The molecule has 2 nitrogen and oxygen atoms in total. The number of carbonyl (C=O) groups is 1. The molecule has 1 amide bonds. The molecule has 0 saturated carbocycles. The Labute approximate surface area is 111 Å². The van der Waals surface area contributed by atoms with Gasteiger partial charge in [-0.2, -0.15) is 0 Å². The van der Waals surface area contributed by atoms with E-state index >= 15 is 0 Å². The fourth-order valence-corrected chi connectivity index (χ4v) is 2.36. The third-order valence-corrected chi connectivity index (χ3v) is 3.24. The van der Waals surface area contributed by atoms with Crippen molar-refractivity contribution in [2.24, 2.45) is 5.92 Å². The van der Waals surface area contributed by atoms with E-state index in [9.17, 15) is 4.79 Å². The van der Waals surface area contributed by atoms with Gasteiger partial charge in [-0.05, 0) is 24.8 Å². The molecule has 0 radical (unpaired) electrons. The van der Waals surface area contributed by atoms with Crippen molar-refractivity contribution in [2.75, 3.05) is 6.54 Å². The molecule has 0 aromatic rings. The number of likely N-dealkylation sites (tertiary alicyclic amines) is 1. The molecule has 1 fully saturated rings. The highest BCUT2D eigenvalue weighted by Crippen LogP contribution is 2.27. The van der Waals surface area contributed by atoms with Crippen LogP contribution in [0.3, 0.4) is 0 Å². The van der Waals surface area contributed by atoms with Gasteiger partial charge in [0.25, 0.3) is 5.91 Å². The summed E-state index contributed by atoms with van der Waals surface area (Å²) in [7, 11) is 0. The lowest BCUT2D eigenvalue weighted by molar-refractivity contribution is -0.126. The van der Waals surface area contributed by atoms with Crippen molar-refractivity contribution >= 4 is 5.91 Å². The second kappa shape index (κ2) is 6.58. The molecule has 0 bridgehead atoms. The predicted molar refractivity (Wildman–Crippen MR) is 77.3 cm³/mol. The Morgan fingerprint density at radius 1 is 1.39 bits per heavy atom. The van der Waals surface area contributed by atoms with E-state index in [1.807, 2.05) is 11.0 Å². The quantitative estimate of drug-likeness (QED) is 0.678. The van der Waals surface area contributed by atoms with Crippen molar-refractivity contribution in [3.05, 3.63) is 36.0 Å². The second-order valence-electron chi connectivity index (χ2n) is 5.32. The first kappa shape index (κ1) is 14.7. The minimum absolute atomic E-state index is 0.178. The van der Waals surface area contributed by atoms with Crippen molar-refractivity contribution < 1.29 is 4.79 Å². The SMILES string of the molecule is C=C/C=C1/CN(C(C)CCC)C(=O)/C1=C/C(C)C. The van der Waals surface area contributed by atoms with Crippen LogP contribution in [0.2, 0.25) is 0 Å². The monoisotopic (exact) mass is 247 g/mol. The molecule has 1 unspecified atom stereocenters. The summed E-state index contributed by atoms with van der Waals surface area (Å²) < 4.78 is 0. The number of hydrogen-bond donors (Lipinski definition) is 0. The molecule has 0 N–H and O–H groups in total. The van der Waals surface area contributed by atoms with Crippen molar-refractivity contribution in [1.82, 2.24) is 4.90 Å². The summed E-state index contributed by atoms with van der Waals surface area (Å²) in [6, 6.07) is 0.314. The normalized spacial score (nSPS) is 22.3. The number of nitrogens with zero attached hydrogens (tertiary/aromatic N) is 1. The molecule has 100 valence electrons. The summed E-state index contributed by atoms with van der Waals surface area (Å²) in [5.74, 6) is 0.566. The topological polar surface area (TPSA) is 20.3 Å². The first-order chi connectivity index (χ1) is 8.51. The highest BCUT2D eigenvalue weighted by molar-refractivity contribution is 6.01. The molecule has 1 heterocycles. The van der Waals surface area contributed by atoms with Crippen LogP contribution >= 0.6 is 0 Å². The van der Waals surface area contributed by atoms with Crippen LogP contribution in [0.4, 0.5) is 0 Å². The molecule has 2 heteroatoms. The Bertz CT molecular complexity index is 377. The molecule has 0 aliphatic carbocycles. The first-order valence-corrected chi connectivity index (χ1v) is 6.86. The third-order valence-electron chi connectivity index (χ3n) is 3.24. The molecule has 1 rings (SSSR count). The molecule has 1 aliphatic heterocycles. The van der Waals surface area contributed by atoms with Crippen molar-refractivity contribution in [1.29, 1.82) is 0 Å². The molecular weight excluding hydrogens is 222 g/mol. The van der Waals surface area contributed by atoms with Crippen LogP contribution in [0.1, 0.15) is 40.5 Å². The molecule has 0 aromatic carbocycles. The second-order valence-corrected chi connectivity index (χ2v) is 5.32. The number of allylic oxidation sites excluding steroid dienone is 3. The Hall–Kier alpha value is -1.31. The van der Waals surface area contributed by atoms with Gasteiger partial charge in [0, 0.05) is 18.2 Å². The summed E-state index contributed by atoms with van der Waals surface area (Å²) in [5, 5.41) is 0. The highest BCUT2D eigenvalue weighted by atomic mass is 16.2. The van der Waals surface area contributed by atoms with Gasteiger partial charge in [0.05, 0.1) is 0 Å². The Balaban J connectivity index is 3.00. The van der Waals surface area contributed by atoms with Gasteiger partial charge in [-0.15, -0.1) is 0 Å². The summed E-state index contributed by atoms with van der Waals surface area (Å²) in [6.45, 7) is 12.9. The summed E-state index contributed by atoms with van der Waals surface area (Å²) in [4.78, 5) is 14.4. The Morgan fingerprint density at radius 2 is 2.06 bits per heavy atom. The molecule has 18 heavy (non-hydrogen) atoms. The lowest BCUT2D eigenvalue weighted by atomic mass is 10.0. The first-order valence-electron chi connectivity index (χ1n) is 6.86. The molecule has 1 aliphatic rings. The van der Waals surface area contributed by atoms with Gasteiger partial charge in [-0.1, -0.05) is 52.0 Å². The molecular formula is C16H25NO. The molecule has 0 spiro atoms. The van der Waals surface area contributed by atoms with Crippen LogP contribution in [0.25, 0.3) is 0 Å². The van der Waals surface area contributed by atoms with Crippen LogP contribution in [-0.2, 0) is 4.79 Å². The van der Waals surface area contributed by atoms with Crippen LogP contribution < -0.4 is 0 Å². The lowest BCUT2D eigenvalue weighted by Gasteiger charge is -2.23. The Kier molecular flexibility index (Phi) is 5.39. The summed E-state index contributed by atoms with van der Waals surface area (Å²) in [5.41, 5.74) is 1.97. The van der Waals surface area contributed by atoms with Gasteiger partial charge >= 0.3 is 0 Å². The number of rotatable bonds is 5. The fourth-order valence-electron chi connectivity index (χ4n) is 2.36. The zero-order valence-electron chi connectivity index (χ0n) is 12.1. The average molecular weight is 247 g/mol. The van der Waals surface area contributed by atoms with E-state index in [0.29, 0.717) is 12.0 Å². The minimum atomic E-state index is 0.178. The smallest absolute Gasteiger partial charge is 0.254 e. The number of carbonyl (C=O) groups excluding carboxylic acids is 1. The van der Waals surface area contributed by atoms with E-state index < -0.39 is 0 Å². The standard InChI is InChI=1S/C16H25NO/c1-6-8-13(5)17-11-14(9-7-2)15(16(17)18)10-12(3)4/h7,9-10,12-13H,2,6,8,11H2,1,3-5H3/b14-9-,15-10+. The molecule has 0 aromatic heterocycles. The van der Waals surface area contributed by atoms with Gasteiger partial charge in [0.15, 0.2) is 0 Å². The summed E-state index contributed by atoms with van der Waals surface area (Å²) >= 11 is 0. The zero-order chi connectivity index (χ0) is 13.7. The predicted octanol–water partition coefficient (Wildman–Crippen LogP) is 3.71. The molecule has 1 atom stereocenters. The van der Waals surface area contributed by atoms with E-state index in [2.05, 4.69) is 40.3 Å². The fraction of sp³-hybridized carbons (Fsp3) is 0.562. The van der Waals surface area contributed by atoms with Gasteiger partial charge < -0.3 is 4.90 Å². The van der Waals surface area contributed by atoms with Crippen LogP contribution in [0.15, 0.2) is 36.0 Å². The summed E-state index contributed by atoms with van der Waals surface area (Å²) in [6.07, 6.45) is 7.96. The number of amides is 1. The van der Waals surface area contributed by atoms with Gasteiger partial charge in [0.1, 0.15) is 0 Å². The average Bonchev–Trinajstić information content (AvgIpc) is 2.58. The van der Waals surface area contributed by atoms with Crippen molar-refractivity contribution in [2.45, 2.75) is 46.6 Å². The Morgan fingerprint density at radius 3 is 2.56 bits per heavy atom. The van der Waals surface area contributed by atoms with E-state index in [0.717, 1.165) is 30.5 Å². The van der Waals surface area contributed by atoms with E-state index in [1.54, 1.807) is 6.08 Å².